The Morgan fingerprint density at radius 1 is 1.00 bits per heavy atom. The molecular weight excluding hydrogens is 372 g/mol. The molecule has 150 valence electrons. The van der Waals surface area contributed by atoms with E-state index in [0.717, 1.165) is 11.3 Å². The van der Waals surface area contributed by atoms with E-state index in [1.54, 1.807) is 19.2 Å². The molecule has 4 nitrogen and oxygen atoms in total. The van der Waals surface area contributed by atoms with Crippen molar-refractivity contribution in [1.29, 1.82) is 0 Å². The van der Waals surface area contributed by atoms with Crippen molar-refractivity contribution in [2.75, 3.05) is 12.4 Å². The van der Waals surface area contributed by atoms with Crippen molar-refractivity contribution < 1.29 is 9.59 Å². The molecule has 0 atom stereocenters. The molecular formula is C23H29ClN2O2. The van der Waals surface area contributed by atoms with Gasteiger partial charge in [-0.15, -0.1) is 0 Å². The molecule has 2 aromatic carbocycles. The molecule has 0 aromatic heterocycles. The molecule has 5 heteroatoms. The molecule has 0 saturated heterocycles. The highest BCUT2D eigenvalue weighted by molar-refractivity contribution is 6.31. The minimum absolute atomic E-state index is 0.00463. The van der Waals surface area contributed by atoms with Gasteiger partial charge in [-0.05, 0) is 61.1 Å². The van der Waals surface area contributed by atoms with Crippen molar-refractivity contribution in [1.82, 2.24) is 5.32 Å². The smallest absolute Gasteiger partial charge is 0.255 e. The molecule has 0 spiro atoms. The Kier molecular flexibility index (Phi) is 8.52. The van der Waals surface area contributed by atoms with E-state index in [1.807, 2.05) is 25.1 Å². The van der Waals surface area contributed by atoms with Crippen LogP contribution >= 0.6 is 11.6 Å². The molecule has 1 aliphatic carbocycles. The average molecular weight is 401 g/mol. The Balaban J connectivity index is 0.000000500. The molecule has 2 amide bonds. The predicted octanol–water partition coefficient (Wildman–Crippen LogP) is 5.70. The van der Waals surface area contributed by atoms with Gasteiger partial charge in [0.1, 0.15) is 0 Å². The third-order valence-corrected chi connectivity index (χ3v) is 5.44. The molecule has 3 rings (SSSR count). The SMILES string of the molecule is CNC(C)=O.Cc1ccc(C(=O)Nc2ccc(C3CCCCC3)cc2)cc1Cl. The van der Waals surface area contributed by atoms with Gasteiger partial charge in [0.15, 0.2) is 0 Å². The van der Waals surface area contributed by atoms with Crippen LogP contribution in [0, 0.1) is 6.92 Å². The molecule has 0 unspecified atom stereocenters. The van der Waals surface area contributed by atoms with Crippen LogP contribution < -0.4 is 10.6 Å². The first-order chi connectivity index (χ1) is 13.4. The number of hydrogen-bond donors (Lipinski definition) is 2. The molecule has 0 heterocycles. The van der Waals surface area contributed by atoms with Crippen molar-refractivity contribution in [3.63, 3.8) is 0 Å². The zero-order valence-electron chi connectivity index (χ0n) is 16.8. The van der Waals surface area contributed by atoms with Crippen molar-refractivity contribution >= 4 is 29.1 Å². The number of aryl methyl sites for hydroxylation is 1. The summed E-state index contributed by atoms with van der Waals surface area (Å²) < 4.78 is 0. The van der Waals surface area contributed by atoms with Crippen LogP contribution in [0.4, 0.5) is 5.69 Å². The summed E-state index contributed by atoms with van der Waals surface area (Å²) in [4.78, 5) is 22.0. The summed E-state index contributed by atoms with van der Waals surface area (Å²) >= 11 is 6.09. The van der Waals surface area contributed by atoms with Crippen LogP contribution in [0.1, 0.15) is 66.4 Å². The standard InChI is InChI=1S/C20H22ClNO.C3H7NO/c1-14-7-8-17(13-19(14)21)20(23)22-18-11-9-16(10-12-18)15-5-3-2-4-6-15;1-3(5)4-2/h7-13,15H,2-6H2,1H3,(H,22,23);1-2H3,(H,4,5). The monoisotopic (exact) mass is 400 g/mol. The number of hydrogen-bond acceptors (Lipinski definition) is 2. The van der Waals surface area contributed by atoms with E-state index in [4.69, 9.17) is 11.6 Å². The van der Waals surface area contributed by atoms with Gasteiger partial charge < -0.3 is 10.6 Å². The van der Waals surface area contributed by atoms with E-state index in [2.05, 4.69) is 22.8 Å². The van der Waals surface area contributed by atoms with Gasteiger partial charge in [-0.1, -0.05) is 49.1 Å². The van der Waals surface area contributed by atoms with Crippen LogP contribution in [0.25, 0.3) is 0 Å². The number of amides is 2. The number of carbonyl (C=O) groups excluding carboxylic acids is 2. The fourth-order valence-corrected chi connectivity index (χ4v) is 3.39. The minimum Gasteiger partial charge on any atom is -0.359 e. The second-order valence-electron chi connectivity index (χ2n) is 7.18. The lowest BCUT2D eigenvalue weighted by atomic mass is 9.84. The fraction of sp³-hybridized carbons (Fsp3) is 0.391. The summed E-state index contributed by atoms with van der Waals surface area (Å²) in [6, 6.07) is 13.7. The average Bonchev–Trinajstić information content (AvgIpc) is 2.71. The van der Waals surface area contributed by atoms with Crippen molar-refractivity contribution in [2.45, 2.75) is 51.9 Å². The highest BCUT2D eigenvalue weighted by Crippen LogP contribution is 2.33. The molecule has 0 bridgehead atoms. The quantitative estimate of drug-likeness (QED) is 0.694. The first kappa shape index (κ1) is 22.0. The molecule has 2 aromatic rings. The molecule has 28 heavy (non-hydrogen) atoms. The number of anilines is 1. The van der Waals surface area contributed by atoms with Crippen LogP contribution in [0.3, 0.4) is 0 Å². The molecule has 2 N–H and O–H groups in total. The predicted molar refractivity (Wildman–Crippen MR) is 116 cm³/mol. The Morgan fingerprint density at radius 3 is 2.14 bits per heavy atom. The topological polar surface area (TPSA) is 58.2 Å². The third kappa shape index (κ3) is 6.68. The van der Waals surface area contributed by atoms with E-state index in [9.17, 15) is 9.59 Å². The van der Waals surface area contributed by atoms with Gasteiger partial charge in [-0.2, -0.15) is 0 Å². The van der Waals surface area contributed by atoms with E-state index < -0.39 is 0 Å². The normalized spacial score (nSPS) is 13.9. The van der Waals surface area contributed by atoms with Crippen LogP contribution in [0.2, 0.25) is 5.02 Å². The van der Waals surface area contributed by atoms with Crippen molar-refractivity contribution in [3.8, 4) is 0 Å². The number of nitrogens with one attached hydrogen (secondary N) is 2. The zero-order chi connectivity index (χ0) is 20.5. The van der Waals surface area contributed by atoms with E-state index in [0.29, 0.717) is 16.5 Å². The number of rotatable bonds is 3. The summed E-state index contributed by atoms with van der Waals surface area (Å²) in [7, 11) is 1.60. The van der Waals surface area contributed by atoms with Crippen molar-refractivity contribution in [2.24, 2.45) is 0 Å². The van der Waals surface area contributed by atoms with E-state index >= 15 is 0 Å². The summed E-state index contributed by atoms with van der Waals surface area (Å²) in [6.45, 7) is 3.40. The highest BCUT2D eigenvalue weighted by atomic mass is 35.5. The minimum atomic E-state index is -0.127. The van der Waals surface area contributed by atoms with Crippen LogP contribution in [-0.2, 0) is 4.79 Å². The Morgan fingerprint density at radius 2 is 1.61 bits per heavy atom. The lowest BCUT2D eigenvalue weighted by molar-refractivity contribution is -0.118. The number of benzene rings is 2. The van der Waals surface area contributed by atoms with Gasteiger partial charge in [0.2, 0.25) is 5.91 Å². The Labute approximate surface area is 172 Å². The van der Waals surface area contributed by atoms with Crippen LogP contribution in [-0.4, -0.2) is 18.9 Å². The second-order valence-corrected chi connectivity index (χ2v) is 7.59. The van der Waals surface area contributed by atoms with Gasteiger partial charge in [0.25, 0.3) is 5.91 Å². The third-order valence-electron chi connectivity index (χ3n) is 5.03. The Hall–Kier alpha value is -2.33. The lowest BCUT2D eigenvalue weighted by Crippen LogP contribution is -2.12. The van der Waals surface area contributed by atoms with Crippen LogP contribution in [0.15, 0.2) is 42.5 Å². The van der Waals surface area contributed by atoms with E-state index in [1.165, 1.54) is 44.6 Å². The largest absolute Gasteiger partial charge is 0.359 e. The van der Waals surface area contributed by atoms with Crippen molar-refractivity contribution in [3.05, 3.63) is 64.2 Å². The summed E-state index contributed by atoms with van der Waals surface area (Å²) in [5.74, 6) is 0.562. The molecule has 0 radical (unpaired) electrons. The highest BCUT2D eigenvalue weighted by Gasteiger charge is 2.15. The summed E-state index contributed by atoms with van der Waals surface area (Å²) in [6.07, 6.45) is 6.60. The van der Waals surface area contributed by atoms with E-state index in [-0.39, 0.29) is 11.8 Å². The number of carbonyl (C=O) groups is 2. The summed E-state index contributed by atoms with van der Waals surface area (Å²) in [5.41, 5.74) is 3.77. The first-order valence-electron chi connectivity index (χ1n) is 9.76. The lowest BCUT2D eigenvalue weighted by Gasteiger charge is -2.22. The maximum absolute atomic E-state index is 12.3. The molecule has 1 fully saturated rings. The maximum Gasteiger partial charge on any atom is 0.255 e. The summed E-state index contributed by atoms with van der Waals surface area (Å²) in [5, 5.41) is 5.94. The second kappa shape index (κ2) is 10.9. The van der Waals surface area contributed by atoms with Gasteiger partial charge in [-0.25, -0.2) is 0 Å². The zero-order valence-corrected chi connectivity index (χ0v) is 17.6. The van der Waals surface area contributed by atoms with Gasteiger partial charge in [0, 0.05) is 30.2 Å². The van der Waals surface area contributed by atoms with Gasteiger partial charge in [-0.3, -0.25) is 9.59 Å². The van der Waals surface area contributed by atoms with Gasteiger partial charge >= 0.3 is 0 Å². The fourth-order valence-electron chi connectivity index (χ4n) is 3.21. The van der Waals surface area contributed by atoms with Crippen LogP contribution in [0.5, 0.6) is 0 Å². The molecule has 1 saturated carbocycles. The van der Waals surface area contributed by atoms with Gasteiger partial charge in [0.05, 0.1) is 0 Å². The molecule has 1 aliphatic rings. The number of halogens is 1. The Bertz CT molecular complexity index is 797. The first-order valence-corrected chi connectivity index (χ1v) is 10.1. The molecule has 0 aliphatic heterocycles. The maximum atomic E-state index is 12.3.